The molecule has 2 rings (SSSR count). The second-order valence-electron chi connectivity index (χ2n) is 5.61. The maximum Gasteiger partial charge on any atom is 0.191 e. The van der Waals surface area contributed by atoms with Crippen LogP contribution in [0.2, 0.25) is 0 Å². The minimum Gasteiger partial charge on any atom is -0.489 e. The number of benzene rings is 1. The van der Waals surface area contributed by atoms with Crippen LogP contribution in [0.3, 0.4) is 0 Å². The lowest BCUT2D eigenvalue weighted by molar-refractivity contribution is 0.228. The average Bonchev–Trinajstić information content (AvgIpc) is 3.08. The van der Waals surface area contributed by atoms with Crippen LogP contribution in [-0.2, 0) is 6.54 Å². The number of rotatable bonds is 8. The van der Waals surface area contributed by atoms with Crippen molar-refractivity contribution in [3.63, 3.8) is 0 Å². The number of guanidine groups is 1. The summed E-state index contributed by atoms with van der Waals surface area (Å²) in [6.45, 7) is 9.10. The van der Waals surface area contributed by atoms with Gasteiger partial charge in [0.05, 0.1) is 13.1 Å². The van der Waals surface area contributed by atoms with Crippen molar-refractivity contribution in [3.05, 3.63) is 48.3 Å². The van der Waals surface area contributed by atoms with Gasteiger partial charge in [-0.05, 0) is 38.5 Å². The predicted octanol–water partition coefficient (Wildman–Crippen LogP) is 2.83. The summed E-state index contributed by atoms with van der Waals surface area (Å²) in [5, 5.41) is 10.7. The van der Waals surface area contributed by atoms with Gasteiger partial charge in [0.25, 0.3) is 0 Å². The van der Waals surface area contributed by atoms with E-state index < -0.39 is 0 Å². The third-order valence-electron chi connectivity index (χ3n) is 3.47. The van der Waals surface area contributed by atoms with E-state index in [0.717, 1.165) is 36.9 Å². The van der Waals surface area contributed by atoms with Crippen LogP contribution in [0.25, 0.3) is 0 Å². The van der Waals surface area contributed by atoms with Gasteiger partial charge in [-0.3, -0.25) is 4.68 Å². The molecule has 0 fully saturated rings. The molecule has 7 heteroatoms. The molecule has 0 saturated carbocycles. The van der Waals surface area contributed by atoms with E-state index in [1.54, 1.807) is 6.20 Å². The normalized spacial score (nSPS) is 12.2. The molecule has 0 aliphatic heterocycles. The van der Waals surface area contributed by atoms with Crippen molar-refractivity contribution in [1.29, 1.82) is 0 Å². The van der Waals surface area contributed by atoms with Crippen LogP contribution in [0.15, 0.2) is 47.7 Å². The minimum atomic E-state index is 0. The Bertz CT molecular complexity index is 630. The van der Waals surface area contributed by atoms with E-state index in [1.165, 1.54) is 0 Å². The highest BCUT2D eigenvalue weighted by Crippen LogP contribution is 2.17. The molecule has 1 aromatic carbocycles. The third-order valence-corrected chi connectivity index (χ3v) is 3.47. The van der Waals surface area contributed by atoms with E-state index in [9.17, 15) is 0 Å². The highest BCUT2D eigenvalue weighted by molar-refractivity contribution is 14.0. The van der Waals surface area contributed by atoms with Gasteiger partial charge < -0.3 is 15.4 Å². The summed E-state index contributed by atoms with van der Waals surface area (Å²) in [4.78, 5) is 4.60. The lowest BCUT2D eigenvalue weighted by Gasteiger charge is -2.16. The van der Waals surface area contributed by atoms with Crippen LogP contribution in [-0.4, -0.2) is 41.5 Å². The van der Waals surface area contributed by atoms with Gasteiger partial charge in [-0.1, -0.05) is 18.2 Å². The van der Waals surface area contributed by atoms with Crippen molar-refractivity contribution < 1.29 is 4.74 Å². The molecule has 0 aliphatic rings. The van der Waals surface area contributed by atoms with Crippen LogP contribution in [0.4, 0.5) is 0 Å². The lowest BCUT2D eigenvalue weighted by atomic mass is 10.2. The van der Waals surface area contributed by atoms with E-state index >= 15 is 0 Å². The Morgan fingerprint density at radius 3 is 2.76 bits per heavy atom. The second-order valence-corrected chi connectivity index (χ2v) is 5.61. The zero-order valence-corrected chi connectivity index (χ0v) is 17.4. The van der Waals surface area contributed by atoms with E-state index in [2.05, 4.69) is 27.6 Å². The Labute approximate surface area is 167 Å². The molecule has 0 aliphatic carbocycles. The number of aryl methyl sites for hydroxylation is 1. The zero-order valence-electron chi connectivity index (χ0n) is 15.1. The highest BCUT2D eigenvalue weighted by atomic mass is 127. The summed E-state index contributed by atoms with van der Waals surface area (Å²) in [7, 11) is 0. The number of hydrogen-bond donors (Lipinski definition) is 2. The number of nitrogens with one attached hydrogen (secondary N) is 2. The zero-order chi connectivity index (χ0) is 17.2. The van der Waals surface area contributed by atoms with Crippen molar-refractivity contribution in [1.82, 2.24) is 20.4 Å². The van der Waals surface area contributed by atoms with E-state index in [0.29, 0.717) is 6.54 Å². The standard InChI is InChI=1S/C18H27N5O.HI/c1-4-19-18(20-11-13-23-12-7-10-22-23)21-14-16(3)24-17-9-6-5-8-15(17)2;/h5-10,12,16H,4,11,13-14H2,1-3H3,(H2,19,20,21);1H. The van der Waals surface area contributed by atoms with Gasteiger partial charge in [0.1, 0.15) is 11.9 Å². The van der Waals surface area contributed by atoms with Crippen molar-refractivity contribution in [2.75, 3.05) is 19.6 Å². The highest BCUT2D eigenvalue weighted by Gasteiger charge is 2.06. The van der Waals surface area contributed by atoms with Gasteiger partial charge in [0, 0.05) is 25.5 Å². The Hall–Kier alpha value is -1.77. The Morgan fingerprint density at radius 1 is 1.28 bits per heavy atom. The number of hydrogen-bond acceptors (Lipinski definition) is 3. The summed E-state index contributed by atoms with van der Waals surface area (Å²) in [5.74, 6) is 1.71. The number of ether oxygens (including phenoxy) is 1. The molecule has 138 valence electrons. The van der Waals surface area contributed by atoms with Crippen LogP contribution in [0.1, 0.15) is 19.4 Å². The molecule has 0 bridgehead atoms. The fourth-order valence-corrected chi connectivity index (χ4v) is 2.23. The first-order valence-electron chi connectivity index (χ1n) is 8.41. The molecule has 1 heterocycles. The molecule has 0 spiro atoms. The number of aromatic nitrogens is 2. The lowest BCUT2D eigenvalue weighted by Crippen LogP contribution is -2.39. The average molecular weight is 457 g/mol. The summed E-state index contributed by atoms with van der Waals surface area (Å²) in [6.07, 6.45) is 3.74. The molecule has 0 saturated heterocycles. The van der Waals surface area contributed by atoms with Gasteiger partial charge in [-0.25, -0.2) is 4.99 Å². The summed E-state index contributed by atoms with van der Waals surface area (Å²) < 4.78 is 7.85. The molecular formula is C18H28IN5O. The largest absolute Gasteiger partial charge is 0.489 e. The van der Waals surface area contributed by atoms with Crippen molar-refractivity contribution in [2.24, 2.45) is 4.99 Å². The SMILES string of the molecule is CCNC(=NCC(C)Oc1ccccc1C)NCCn1cccn1.I. The quantitative estimate of drug-likeness (QED) is 0.364. The predicted molar refractivity (Wildman–Crippen MR) is 113 cm³/mol. The molecule has 25 heavy (non-hydrogen) atoms. The van der Waals surface area contributed by atoms with Gasteiger partial charge in [-0.2, -0.15) is 5.10 Å². The second kappa shape index (κ2) is 11.7. The number of aliphatic imine (C=N–C) groups is 1. The van der Waals surface area contributed by atoms with Crippen molar-refractivity contribution in [2.45, 2.75) is 33.4 Å². The van der Waals surface area contributed by atoms with E-state index in [1.807, 2.05) is 55.1 Å². The van der Waals surface area contributed by atoms with Gasteiger partial charge in [0.15, 0.2) is 5.96 Å². The van der Waals surface area contributed by atoms with Crippen molar-refractivity contribution >= 4 is 29.9 Å². The summed E-state index contributed by atoms with van der Waals surface area (Å²) in [5.41, 5.74) is 1.14. The van der Waals surface area contributed by atoms with E-state index in [-0.39, 0.29) is 30.1 Å². The molecule has 2 aromatic rings. The Balaban J connectivity index is 0.00000312. The molecule has 6 nitrogen and oxygen atoms in total. The molecule has 0 amide bonds. The van der Waals surface area contributed by atoms with Crippen LogP contribution in [0, 0.1) is 6.92 Å². The Kier molecular flexibility index (Phi) is 9.98. The summed E-state index contributed by atoms with van der Waals surface area (Å²) >= 11 is 0. The van der Waals surface area contributed by atoms with Gasteiger partial charge >= 0.3 is 0 Å². The van der Waals surface area contributed by atoms with Gasteiger partial charge in [0.2, 0.25) is 0 Å². The maximum absolute atomic E-state index is 5.96. The smallest absolute Gasteiger partial charge is 0.191 e. The van der Waals surface area contributed by atoms with Gasteiger partial charge in [-0.15, -0.1) is 24.0 Å². The van der Waals surface area contributed by atoms with Crippen LogP contribution < -0.4 is 15.4 Å². The van der Waals surface area contributed by atoms with Crippen molar-refractivity contribution in [3.8, 4) is 5.75 Å². The monoisotopic (exact) mass is 457 g/mol. The molecular weight excluding hydrogens is 429 g/mol. The molecule has 1 aromatic heterocycles. The summed E-state index contributed by atoms with van der Waals surface area (Å²) in [6, 6.07) is 9.95. The molecule has 2 N–H and O–H groups in total. The fourth-order valence-electron chi connectivity index (χ4n) is 2.23. The number of para-hydroxylation sites is 1. The van der Waals surface area contributed by atoms with E-state index in [4.69, 9.17) is 4.74 Å². The fraction of sp³-hybridized carbons (Fsp3) is 0.444. The molecule has 1 atom stereocenters. The first-order valence-corrected chi connectivity index (χ1v) is 8.41. The van der Waals surface area contributed by atoms with Crippen LogP contribution >= 0.6 is 24.0 Å². The number of halogens is 1. The third kappa shape index (κ3) is 7.76. The first kappa shape index (κ1) is 21.3. The first-order chi connectivity index (χ1) is 11.7. The minimum absolute atomic E-state index is 0. The molecule has 0 radical (unpaired) electrons. The Morgan fingerprint density at radius 2 is 2.08 bits per heavy atom. The topological polar surface area (TPSA) is 63.5 Å². The maximum atomic E-state index is 5.96. The number of nitrogens with zero attached hydrogens (tertiary/aromatic N) is 3. The molecule has 1 unspecified atom stereocenters. The van der Waals surface area contributed by atoms with Crippen LogP contribution in [0.5, 0.6) is 5.75 Å².